The van der Waals surface area contributed by atoms with E-state index in [-0.39, 0.29) is 5.91 Å². The lowest BCUT2D eigenvalue weighted by atomic mass is 10.0. The van der Waals surface area contributed by atoms with E-state index in [1.165, 1.54) is 4.90 Å². The average Bonchev–Trinajstić information content (AvgIpc) is 2.48. The molecule has 0 spiro atoms. The highest BCUT2D eigenvalue weighted by atomic mass is 16.2. The number of hydrogen-bond acceptors (Lipinski definition) is 2. The van der Waals surface area contributed by atoms with Crippen LogP contribution in [-0.4, -0.2) is 17.9 Å². The molecule has 100 valence electrons. The van der Waals surface area contributed by atoms with Crippen LogP contribution in [0.4, 0.5) is 0 Å². The lowest BCUT2D eigenvalue weighted by Crippen LogP contribution is -2.30. The summed E-state index contributed by atoms with van der Waals surface area (Å²) in [6.45, 7) is 1.97. The molecule has 1 unspecified atom stereocenters. The van der Waals surface area contributed by atoms with Gasteiger partial charge < -0.3 is 4.90 Å². The van der Waals surface area contributed by atoms with Gasteiger partial charge in [-0.25, -0.2) is 0 Å². The molecule has 1 amide bonds. The van der Waals surface area contributed by atoms with E-state index in [2.05, 4.69) is 6.07 Å². The summed E-state index contributed by atoms with van der Waals surface area (Å²) >= 11 is 0. The minimum absolute atomic E-state index is 0.154. The zero-order chi connectivity index (χ0) is 14.5. The van der Waals surface area contributed by atoms with Crippen molar-refractivity contribution >= 4 is 5.91 Å². The van der Waals surface area contributed by atoms with Crippen molar-refractivity contribution in [3.8, 4) is 6.07 Å². The molecule has 0 fully saturated rings. The van der Waals surface area contributed by atoms with E-state index >= 15 is 0 Å². The van der Waals surface area contributed by atoms with Crippen LogP contribution in [0, 0.1) is 18.3 Å². The molecule has 0 aromatic heterocycles. The van der Waals surface area contributed by atoms with Crippen LogP contribution in [0.1, 0.15) is 27.5 Å². The summed E-state index contributed by atoms with van der Waals surface area (Å²) in [6, 6.07) is 18.3. The summed E-state index contributed by atoms with van der Waals surface area (Å²) in [5.74, 6) is -0.154. The molecule has 1 atom stereocenters. The fraction of sp³-hybridized carbons (Fsp3) is 0.176. The summed E-state index contributed by atoms with van der Waals surface area (Å²) in [5.41, 5.74) is 2.49. The summed E-state index contributed by atoms with van der Waals surface area (Å²) in [5, 5.41) is 9.39. The molecule has 0 aliphatic heterocycles. The van der Waals surface area contributed by atoms with Crippen molar-refractivity contribution < 1.29 is 4.79 Å². The van der Waals surface area contributed by atoms with Gasteiger partial charge in [0.2, 0.25) is 0 Å². The molecule has 0 aliphatic carbocycles. The van der Waals surface area contributed by atoms with Gasteiger partial charge in [-0.15, -0.1) is 0 Å². The highest BCUT2D eigenvalue weighted by Crippen LogP contribution is 2.21. The average molecular weight is 264 g/mol. The number of benzene rings is 2. The maximum absolute atomic E-state index is 12.4. The molecule has 0 bridgehead atoms. The first-order valence-corrected chi connectivity index (χ1v) is 6.42. The number of nitriles is 1. The molecule has 2 rings (SSSR count). The molecule has 2 aromatic carbocycles. The van der Waals surface area contributed by atoms with Gasteiger partial charge in [-0.05, 0) is 24.6 Å². The fourth-order valence-electron chi connectivity index (χ4n) is 2.13. The van der Waals surface area contributed by atoms with Crippen LogP contribution in [0.2, 0.25) is 0 Å². The first-order chi connectivity index (χ1) is 9.63. The third-order valence-corrected chi connectivity index (χ3v) is 3.21. The van der Waals surface area contributed by atoms with Gasteiger partial charge in [0.05, 0.1) is 6.07 Å². The number of nitrogens with zero attached hydrogens (tertiary/aromatic N) is 2. The van der Waals surface area contributed by atoms with Crippen LogP contribution in [0.5, 0.6) is 0 Å². The molecule has 0 heterocycles. The van der Waals surface area contributed by atoms with Gasteiger partial charge in [0.25, 0.3) is 5.91 Å². The van der Waals surface area contributed by atoms with Crippen LogP contribution in [-0.2, 0) is 0 Å². The number of rotatable bonds is 3. The lowest BCUT2D eigenvalue weighted by Gasteiger charge is -2.23. The van der Waals surface area contributed by atoms with Crippen molar-refractivity contribution in [3.63, 3.8) is 0 Å². The Morgan fingerprint density at radius 3 is 2.45 bits per heavy atom. The van der Waals surface area contributed by atoms with E-state index in [1.54, 1.807) is 19.2 Å². The van der Waals surface area contributed by atoms with Crippen molar-refractivity contribution in [2.24, 2.45) is 0 Å². The minimum Gasteiger partial charge on any atom is -0.322 e. The highest BCUT2D eigenvalue weighted by Gasteiger charge is 2.22. The molecule has 2 aromatic rings. The quantitative estimate of drug-likeness (QED) is 0.853. The summed E-state index contributed by atoms with van der Waals surface area (Å²) in [7, 11) is 1.66. The van der Waals surface area contributed by atoms with E-state index in [0.29, 0.717) is 5.56 Å². The first kappa shape index (κ1) is 13.8. The van der Waals surface area contributed by atoms with Crippen LogP contribution in [0.15, 0.2) is 54.6 Å². The number of amides is 1. The Balaban J connectivity index is 2.29. The topological polar surface area (TPSA) is 44.1 Å². The predicted octanol–water partition coefficient (Wildman–Crippen LogP) is 3.33. The van der Waals surface area contributed by atoms with E-state index in [1.807, 2.05) is 49.4 Å². The Labute approximate surface area is 119 Å². The molecule has 0 saturated heterocycles. The number of carbonyl (C=O) groups is 1. The van der Waals surface area contributed by atoms with E-state index in [9.17, 15) is 10.1 Å². The van der Waals surface area contributed by atoms with Crippen LogP contribution in [0.25, 0.3) is 0 Å². The third-order valence-electron chi connectivity index (χ3n) is 3.21. The second-order valence-corrected chi connectivity index (χ2v) is 4.73. The SMILES string of the molecule is Cc1cccc(C(C#N)N(C)C(=O)c2ccccc2)c1. The van der Waals surface area contributed by atoms with Gasteiger partial charge in [-0.2, -0.15) is 5.26 Å². The van der Waals surface area contributed by atoms with Crippen molar-refractivity contribution in [2.45, 2.75) is 13.0 Å². The number of aryl methyl sites for hydroxylation is 1. The van der Waals surface area contributed by atoms with Gasteiger partial charge in [0, 0.05) is 12.6 Å². The Hall–Kier alpha value is -2.60. The van der Waals surface area contributed by atoms with Crippen molar-refractivity contribution in [2.75, 3.05) is 7.05 Å². The molecule has 3 heteroatoms. The molecule has 3 nitrogen and oxygen atoms in total. The van der Waals surface area contributed by atoms with Crippen molar-refractivity contribution in [1.29, 1.82) is 5.26 Å². The Bertz CT molecular complexity index is 644. The minimum atomic E-state index is -0.581. The Kier molecular flexibility index (Phi) is 4.17. The van der Waals surface area contributed by atoms with Crippen molar-refractivity contribution in [1.82, 2.24) is 4.90 Å². The monoisotopic (exact) mass is 264 g/mol. The maximum Gasteiger partial charge on any atom is 0.254 e. The molecular weight excluding hydrogens is 248 g/mol. The highest BCUT2D eigenvalue weighted by molar-refractivity contribution is 5.94. The van der Waals surface area contributed by atoms with Gasteiger partial charge in [-0.1, -0.05) is 48.0 Å². The second kappa shape index (κ2) is 6.03. The summed E-state index contributed by atoms with van der Waals surface area (Å²) in [4.78, 5) is 13.9. The molecule has 0 aliphatic rings. The number of carbonyl (C=O) groups excluding carboxylic acids is 1. The normalized spacial score (nSPS) is 11.4. The molecule has 20 heavy (non-hydrogen) atoms. The smallest absolute Gasteiger partial charge is 0.254 e. The third kappa shape index (κ3) is 2.86. The largest absolute Gasteiger partial charge is 0.322 e. The molecule has 0 radical (unpaired) electrons. The van der Waals surface area contributed by atoms with Gasteiger partial charge >= 0.3 is 0 Å². The van der Waals surface area contributed by atoms with Crippen LogP contribution in [0.3, 0.4) is 0 Å². The van der Waals surface area contributed by atoms with Crippen molar-refractivity contribution in [3.05, 3.63) is 71.3 Å². The van der Waals surface area contributed by atoms with E-state index in [0.717, 1.165) is 11.1 Å². The second-order valence-electron chi connectivity index (χ2n) is 4.73. The summed E-state index contributed by atoms with van der Waals surface area (Å²) < 4.78 is 0. The van der Waals surface area contributed by atoms with Gasteiger partial charge in [-0.3, -0.25) is 4.79 Å². The lowest BCUT2D eigenvalue weighted by molar-refractivity contribution is 0.0763. The van der Waals surface area contributed by atoms with E-state index < -0.39 is 6.04 Å². The first-order valence-electron chi connectivity index (χ1n) is 6.42. The fourth-order valence-corrected chi connectivity index (χ4v) is 2.13. The standard InChI is InChI=1S/C17H16N2O/c1-13-7-6-10-15(11-13)16(12-18)19(2)17(20)14-8-4-3-5-9-14/h3-11,16H,1-2H3. The Morgan fingerprint density at radius 1 is 1.15 bits per heavy atom. The summed E-state index contributed by atoms with van der Waals surface area (Å²) in [6.07, 6.45) is 0. The Morgan fingerprint density at radius 2 is 1.85 bits per heavy atom. The van der Waals surface area contributed by atoms with E-state index in [4.69, 9.17) is 0 Å². The predicted molar refractivity (Wildman–Crippen MR) is 78.1 cm³/mol. The molecular formula is C17H16N2O. The van der Waals surface area contributed by atoms with Gasteiger partial charge in [0.15, 0.2) is 0 Å². The zero-order valence-corrected chi connectivity index (χ0v) is 11.6. The van der Waals surface area contributed by atoms with Gasteiger partial charge in [0.1, 0.15) is 6.04 Å². The molecule has 0 N–H and O–H groups in total. The van der Waals surface area contributed by atoms with Crippen LogP contribution >= 0.6 is 0 Å². The maximum atomic E-state index is 12.4. The molecule has 0 saturated carbocycles. The van der Waals surface area contributed by atoms with Crippen LogP contribution < -0.4 is 0 Å². The number of hydrogen-bond donors (Lipinski definition) is 0. The zero-order valence-electron chi connectivity index (χ0n) is 11.6.